The van der Waals surface area contributed by atoms with Gasteiger partial charge in [0.2, 0.25) is 5.88 Å². The van der Waals surface area contributed by atoms with E-state index in [2.05, 4.69) is 22.0 Å². The molecule has 6 heteroatoms. The van der Waals surface area contributed by atoms with Gasteiger partial charge in [-0.15, -0.1) is 0 Å². The van der Waals surface area contributed by atoms with Gasteiger partial charge < -0.3 is 15.2 Å². The van der Waals surface area contributed by atoms with Gasteiger partial charge in [0.15, 0.2) is 0 Å². The fourth-order valence-corrected chi connectivity index (χ4v) is 3.88. The van der Waals surface area contributed by atoms with Gasteiger partial charge >= 0.3 is 5.97 Å². The summed E-state index contributed by atoms with van der Waals surface area (Å²) < 4.78 is 12.1. The maximum atomic E-state index is 12.5. The van der Waals surface area contributed by atoms with E-state index in [4.69, 9.17) is 15.2 Å². The summed E-state index contributed by atoms with van der Waals surface area (Å²) in [4.78, 5) is 12.5. The Morgan fingerprint density at radius 1 is 1.13 bits per heavy atom. The van der Waals surface area contributed by atoms with Gasteiger partial charge in [0, 0.05) is 16.1 Å². The van der Waals surface area contributed by atoms with Crippen LogP contribution in [0.5, 0.6) is 11.5 Å². The standard InChI is InChI=1S/C24H17BrN2O3/c1-14-4-2-6-16(10-14)24(28)29-18-8-9-19-21(12-18)30-23(27)20(13-26)22(19)15-5-3-7-17(25)11-15/h2-12,22H,27H2,1H3. The Hall–Kier alpha value is -3.56. The highest BCUT2D eigenvalue weighted by Gasteiger charge is 2.31. The average molecular weight is 461 g/mol. The van der Waals surface area contributed by atoms with Crippen molar-refractivity contribution in [2.75, 3.05) is 0 Å². The number of nitriles is 1. The molecule has 1 aliphatic heterocycles. The van der Waals surface area contributed by atoms with Crippen LogP contribution in [0.25, 0.3) is 0 Å². The molecule has 0 saturated carbocycles. The molecule has 30 heavy (non-hydrogen) atoms. The summed E-state index contributed by atoms with van der Waals surface area (Å²) in [5, 5.41) is 9.66. The molecule has 0 fully saturated rings. The van der Waals surface area contributed by atoms with E-state index >= 15 is 0 Å². The molecule has 0 saturated heterocycles. The number of carbonyl (C=O) groups excluding carboxylic acids is 1. The first kappa shape index (κ1) is 19.7. The van der Waals surface area contributed by atoms with Crippen molar-refractivity contribution in [3.63, 3.8) is 0 Å². The fraction of sp³-hybridized carbons (Fsp3) is 0.0833. The molecule has 0 aliphatic carbocycles. The van der Waals surface area contributed by atoms with Crippen LogP contribution >= 0.6 is 15.9 Å². The van der Waals surface area contributed by atoms with Gasteiger partial charge in [-0.05, 0) is 42.8 Å². The lowest BCUT2D eigenvalue weighted by Gasteiger charge is -2.26. The van der Waals surface area contributed by atoms with Crippen LogP contribution in [0.1, 0.15) is 33.0 Å². The van der Waals surface area contributed by atoms with Crippen LogP contribution in [0.15, 0.2) is 82.7 Å². The first-order valence-corrected chi connectivity index (χ1v) is 10.0. The third-order valence-corrected chi connectivity index (χ3v) is 5.33. The van der Waals surface area contributed by atoms with Gasteiger partial charge in [-0.2, -0.15) is 5.26 Å². The number of allylic oxidation sites excluding steroid dienone is 1. The lowest BCUT2D eigenvalue weighted by molar-refractivity contribution is 0.0734. The molecule has 0 spiro atoms. The lowest BCUT2D eigenvalue weighted by atomic mass is 9.83. The molecule has 1 unspecified atom stereocenters. The van der Waals surface area contributed by atoms with E-state index in [-0.39, 0.29) is 11.8 Å². The Bertz CT molecular complexity index is 1230. The van der Waals surface area contributed by atoms with E-state index in [0.717, 1.165) is 21.2 Å². The second-order valence-corrected chi connectivity index (χ2v) is 7.85. The minimum Gasteiger partial charge on any atom is -0.440 e. The maximum Gasteiger partial charge on any atom is 0.343 e. The molecular weight excluding hydrogens is 444 g/mol. The number of nitrogens with zero attached hydrogens (tertiary/aromatic N) is 1. The number of aryl methyl sites for hydroxylation is 1. The topological polar surface area (TPSA) is 85.3 Å². The summed E-state index contributed by atoms with van der Waals surface area (Å²) >= 11 is 3.47. The monoisotopic (exact) mass is 460 g/mol. The molecule has 3 aromatic carbocycles. The Labute approximate surface area is 182 Å². The quantitative estimate of drug-likeness (QED) is 0.429. The molecule has 1 atom stereocenters. The van der Waals surface area contributed by atoms with Crippen molar-refractivity contribution in [1.29, 1.82) is 5.26 Å². The number of fused-ring (bicyclic) bond motifs is 1. The Kier molecular flexibility index (Phi) is 5.30. The summed E-state index contributed by atoms with van der Waals surface area (Å²) in [6.07, 6.45) is 0. The van der Waals surface area contributed by atoms with Crippen molar-refractivity contribution in [3.8, 4) is 17.6 Å². The van der Waals surface area contributed by atoms with Crippen LogP contribution in [0.4, 0.5) is 0 Å². The summed E-state index contributed by atoms with van der Waals surface area (Å²) in [5.41, 5.74) is 9.49. The number of nitrogens with two attached hydrogens (primary N) is 1. The highest BCUT2D eigenvalue weighted by atomic mass is 79.9. The Balaban J connectivity index is 1.70. The average Bonchev–Trinajstić information content (AvgIpc) is 2.72. The van der Waals surface area contributed by atoms with Crippen LogP contribution in [-0.2, 0) is 0 Å². The minimum atomic E-state index is -0.459. The van der Waals surface area contributed by atoms with Crippen molar-refractivity contribution in [3.05, 3.63) is 105 Å². The molecule has 0 aromatic heterocycles. The van der Waals surface area contributed by atoms with E-state index in [1.807, 2.05) is 37.3 Å². The second-order valence-electron chi connectivity index (χ2n) is 6.94. The SMILES string of the molecule is Cc1cccc(C(=O)Oc2ccc3c(c2)OC(N)=C(C#N)C3c2cccc(Br)c2)c1. The predicted molar refractivity (Wildman–Crippen MR) is 116 cm³/mol. The highest BCUT2D eigenvalue weighted by molar-refractivity contribution is 9.10. The van der Waals surface area contributed by atoms with Gasteiger partial charge in [0.25, 0.3) is 0 Å². The summed E-state index contributed by atoms with van der Waals surface area (Å²) in [6, 6.07) is 22.1. The van der Waals surface area contributed by atoms with Crippen LogP contribution in [0.3, 0.4) is 0 Å². The van der Waals surface area contributed by atoms with Crippen molar-refractivity contribution >= 4 is 21.9 Å². The zero-order chi connectivity index (χ0) is 21.3. The molecule has 0 bridgehead atoms. The predicted octanol–water partition coefficient (Wildman–Crippen LogP) is 5.19. The third kappa shape index (κ3) is 3.80. The molecule has 3 aromatic rings. The number of carbonyl (C=O) groups is 1. The molecular formula is C24H17BrN2O3. The third-order valence-electron chi connectivity index (χ3n) is 4.84. The Morgan fingerprint density at radius 3 is 2.67 bits per heavy atom. The first-order chi connectivity index (χ1) is 14.5. The second kappa shape index (κ2) is 8.05. The zero-order valence-electron chi connectivity index (χ0n) is 16.1. The molecule has 2 N–H and O–H groups in total. The smallest absolute Gasteiger partial charge is 0.343 e. The number of hydrogen-bond donors (Lipinski definition) is 1. The van der Waals surface area contributed by atoms with Gasteiger partial charge in [0.05, 0.1) is 11.5 Å². The number of ether oxygens (including phenoxy) is 2. The first-order valence-electron chi connectivity index (χ1n) is 9.22. The molecule has 148 valence electrons. The van der Waals surface area contributed by atoms with Gasteiger partial charge in [-0.1, -0.05) is 51.8 Å². The van der Waals surface area contributed by atoms with Crippen molar-refractivity contribution in [1.82, 2.24) is 0 Å². The molecule has 1 heterocycles. The number of hydrogen-bond acceptors (Lipinski definition) is 5. The van der Waals surface area contributed by atoms with Crippen molar-refractivity contribution in [2.45, 2.75) is 12.8 Å². The van der Waals surface area contributed by atoms with Gasteiger partial charge in [-0.3, -0.25) is 0 Å². The number of esters is 1. The molecule has 0 radical (unpaired) electrons. The molecule has 1 aliphatic rings. The minimum absolute atomic E-state index is 0.0390. The van der Waals surface area contributed by atoms with Crippen molar-refractivity contribution < 1.29 is 14.3 Å². The van der Waals surface area contributed by atoms with Crippen molar-refractivity contribution in [2.24, 2.45) is 5.73 Å². The van der Waals surface area contributed by atoms with E-state index < -0.39 is 5.97 Å². The van der Waals surface area contributed by atoms with Crippen LogP contribution in [-0.4, -0.2) is 5.97 Å². The van der Waals surface area contributed by atoms with E-state index in [1.54, 1.807) is 36.4 Å². The number of rotatable bonds is 3. The van der Waals surface area contributed by atoms with Crippen LogP contribution in [0.2, 0.25) is 0 Å². The van der Waals surface area contributed by atoms with E-state index in [9.17, 15) is 10.1 Å². The summed E-state index contributed by atoms with van der Waals surface area (Å²) in [7, 11) is 0. The van der Waals surface area contributed by atoms with Crippen LogP contribution < -0.4 is 15.2 Å². The lowest BCUT2D eigenvalue weighted by Crippen LogP contribution is -2.21. The number of benzene rings is 3. The largest absolute Gasteiger partial charge is 0.440 e. The molecule has 0 amide bonds. The van der Waals surface area contributed by atoms with E-state index in [1.165, 1.54) is 0 Å². The molecule has 5 nitrogen and oxygen atoms in total. The zero-order valence-corrected chi connectivity index (χ0v) is 17.6. The fourth-order valence-electron chi connectivity index (χ4n) is 3.47. The summed E-state index contributed by atoms with van der Waals surface area (Å²) in [5.74, 6) is -0.0124. The van der Waals surface area contributed by atoms with Gasteiger partial charge in [-0.25, -0.2) is 4.79 Å². The normalized spacial score (nSPS) is 15.0. The van der Waals surface area contributed by atoms with Gasteiger partial charge in [0.1, 0.15) is 23.1 Å². The number of halogens is 1. The van der Waals surface area contributed by atoms with E-state index in [0.29, 0.717) is 22.6 Å². The highest BCUT2D eigenvalue weighted by Crippen LogP contribution is 2.43. The Morgan fingerprint density at radius 2 is 1.93 bits per heavy atom. The molecule has 4 rings (SSSR count). The maximum absolute atomic E-state index is 12.5. The van der Waals surface area contributed by atoms with Crippen LogP contribution in [0, 0.1) is 18.3 Å². The summed E-state index contributed by atoms with van der Waals surface area (Å²) in [6.45, 7) is 1.91.